The number of carbonyl (C=O) groups excluding carboxylic acids is 1. The molecule has 0 unspecified atom stereocenters. The van der Waals surface area contributed by atoms with E-state index >= 15 is 0 Å². The molecular formula is C28H30Cl2N4OS. The molecule has 188 valence electrons. The van der Waals surface area contributed by atoms with Crippen molar-refractivity contribution in [3.8, 4) is 5.69 Å². The molecule has 0 radical (unpaired) electrons. The number of amides is 1. The Morgan fingerprint density at radius 1 is 1.06 bits per heavy atom. The summed E-state index contributed by atoms with van der Waals surface area (Å²) in [5.41, 5.74) is 2.96. The van der Waals surface area contributed by atoms with E-state index in [0.717, 1.165) is 53.6 Å². The Labute approximate surface area is 226 Å². The van der Waals surface area contributed by atoms with Crippen molar-refractivity contribution in [2.75, 3.05) is 0 Å². The van der Waals surface area contributed by atoms with E-state index in [9.17, 15) is 4.79 Å². The number of carbonyl (C=O) groups is 1. The molecule has 0 aliphatic heterocycles. The lowest BCUT2D eigenvalue weighted by Gasteiger charge is -2.55. The molecule has 1 aromatic heterocycles. The Bertz CT molecular complexity index is 1270. The molecule has 4 bridgehead atoms. The number of hydrogen-bond donors (Lipinski definition) is 1. The van der Waals surface area contributed by atoms with Crippen LogP contribution in [0.15, 0.2) is 47.6 Å². The van der Waals surface area contributed by atoms with Crippen LogP contribution in [0.1, 0.15) is 55.5 Å². The summed E-state index contributed by atoms with van der Waals surface area (Å²) in [7, 11) is 0. The van der Waals surface area contributed by atoms with Gasteiger partial charge in [-0.25, -0.2) is 0 Å². The number of aryl methyl sites for hydroxylation is 1. The number of rotatable bonds is 7. The molecule has 1 N–H and O–H groups in total. The van der Waals surface area contributed by atoms with E-state index in [1.807, 2.05) is 10.6 Å². The molecule has 1 heterocycles. The lowest BCUT2D eigenvalue weighted by Crippen LogP contribution is -2.53. The maximum absolute atomic E-state index is 13.6. The summed E-state index contributed by atoms with van der Waals surface area (Å²) in [6.07, 6.45) is 7.06. The molecule has 3 aromatic rings. The Morgan fingerprint density at radius 2 is 1.78 bits per heavy atom. The van der Waals surface area contributed by atoms with Gasteiger partial charge in [-0.3, -0.25) is 9.36 Å². The molecular weight excluding hydrogens is 511 g/mol. The van der Waals surface area contributed by atoms with Crippen LogP contribution in [0.5, 0.6) is 0 Å². The first kappa shape index (κ1) is 24.3. The predicted molar refractivity (Wildman–Crippen MR) is 145 cm³/mol. The number of aromatic nitrogens is 3. The van der Waals surface area contributed by atoms with Crippen LogP contribution in [-0.2, 0) is 17.1 Å². The van der Waals surface area contributed by atoms with Gasteiger partial charge in [0, 0.05) is 16.2 Å². The Kier molecular flexibility index (Phi) is 6.55. The van der Waals surface area contributed by atoms with Gasteiger partial charge in [-0.15, -0.1) is 10.2 Å². The Morgan fingerprint density at radius 3 is 2.47 bits per heavy atom. The largest absolute Gasteiger partial charge is 0.348 e. The highest BCUT2D eigenvalue weighted by Gasteiger charge is 2.54. The third kappa shape index (κ3) is 4.68. The first-order valence-corrected chi connectivity index (χ1v) is 14.5. The van der Waals surface area contributed by atoms with Crippen LogP contribution < -0.4 is 5.32 Å². The summed E-state index contributed by atoms with van der Waals surface area (Å²) in [4.78, 5) is 13.6. The van der Waals surface area contributed by atoms with Crippen molar-refractivity contribution >= 4 is 40.9 Å². The molecule has 8 heteroatoms. The summed E-state index contributed by atoms with van der Waals surface area (Å²) >= 11 is 14.6. The van der Waals surface area contributed by atoms with Crippen LogP contribution >= 0.6 is 35.0 Å². The van der Waals surface area contributed by atoms with Gasteiger partial charge < -0.3 is 5.32 Å². The molecule has 5 nitrogen and oxygen atoms in total. The van der Waals surface area contributed by atoms with Crippen molar-refractivity contribution in [2.24, 2.45) is 23.2 Å². The van der Waals surface area contributed by atoms with E-state index in [2.05, 4.69) is 46.7 Å². The summed E-state index contributed by atoms with van der Waals surface area (Å²) in [6, 6.07) is 13.8. The highest BCUT2D eigenvalue weighted by molar-refractivity contribution is 7.98. The van der Waals surface area contributed by atoms with E-state index in [4.69, 9.17) is 23.2 Å². The fourth-order valence-electron chi connectivity index (χ4n) is 7.09. The van der Waals surface area contributed by atoms with Gasteiger partial charge in [-0.2, -0.15) is 0 Å². The normalized spacial score (nSPS) is 26.4. The fraction of sp³-hybridized carbons (Fsp3) is 0.464. The quantitative estimate of drug-likeness (QED) is 0.327. The minimum atomic E-state index is -0.198. The van der Waals surface area contributed by atoms with E-state index in [1.165, 1.54) is 30.4 Å². The first-order chi connectivity index (χ1) is 17.4. The van der Waals surface area contributed by atoms with Crippen LogP contribution in [0, 0.1) is 30.1 Å². The molecule has 0 saturated heterocycles. The topological polar surface area (TPSA) is 59.8 Å². The van der Waals surface area contributed by atoms with E-state index < -0.39 is 0 Å². The van der Waals surface area contributed by atoms with Crippen molar-refractivity contribution < 1.29 is 4.79 Å². The summed E-state index contributed by atoms with van der Waals surface area (Å²) in [6.45, 7) is 2.40. The number of benzene rings is 2. The lowest BCUT2D eigenvalue weighted by molar-refractivity contribution is -0.146. The number of nitrogens with one attached hydrogen (secondary N) is 1. The van der Waals surface area contributed by atoms with E-state index in [0.29, 0.717) is 22.4 Å². The lowest BCUT2D eigenvalue weighted by atomic mass is 9.49. The SMILES string of the molecule is Cc1cccc(CSc2nnc(CNC(=O)C34CC5CC(CC(C5)C3)C4)n2-c2cc(Cl)ccc2Cl)c1. The molecule has 0 atom stereocenters. The first-order valence-electron chi connectivity index (χ1n) is 12.7. The average Bonchev–Trinajstić information content (AvgIpc) is 3.24. The van der Waals surface area contributed by atoms with Gasteiger partial charge in [-0.1, -0.05) is 64.8 Å². The number of halogens is 2. The maximum Gasteiger partial charge on any atom is 0.226 e. The molecule has 4 aliphatic carbocycles. The standard InChI is InChI=1S/C28H30Cl2N4OS/c1-17-3-2-4-18(7-17)16-36-27-33-32-25(34(27)24-11-22(29)5-6-23(24)30)15-31-26(35)28-12-19-8-20(13-28)10-21(9-19)14-28/h2-7,11,19-21H,8-10,12-16H2,1H3,(H,31,35). The highest BCUT2D eigenvalue weighted by atomic mass is 35.5. The van der Waals surface area contributed by atoms with Crippen LogP contribution in [0.4, 0.5) is 0 Å². The second-order valence-corrected chi connectivity index (χ2v) is 12.8. The fourth-order valence-corrected chi connectivity index (χ4v) is 8.37. The molecule has 7 rings (SSSR count). The monoisotopic (exact) mass is 540 g/mol. The van der Waals surface area contributed by atoms with Crippen molar-refractivity contribution in [2.45, 2.75) is 62.9 Å². The molecule has 1 amide bonds. The molecule has 0 spiro atoms. The van der Waals surface area contributed by atoms with Gasteiger partial charge in [0.05, 0.1) is 17.3 Å². The Hall–Kier alpha value is -2.02. The summed E-state index contributed by atoms with van der Waals surface area (Å²) in [5.74, 6) is 3.75. The maximum atomic E-state index is 13.6. The van der Waals surface area contributed by atoms with Crippen molar-refractivity contribution in [3.05, 3.63) is 69.5 Å². The third-order valence-electron chi connectivity index (χ3n) is 8.23. The van der Waals surface area contributed by atoms with Crippen molar-refractivity contribution in [1.29, 1.82) is 0 Å². The van der Waals surface area contributed by atoms with Crippen LogP contribution in [0.3, 0.4) is 0 Å². The van der Waals surface area contributed by atoms with Gasteiger partial charge >= 0.3 is 0 Å². The number of nitrogens with zero attached hydrogens (tertiary/aromatic N) is 3. The second kappa shape index (κ2) is 9.70. The van der Waals surface area contributed by atoms with Gasteiger partial charge in [0.1, 0.15) is 0 Å². The zero-order chi connectivity index (χ0) is 24.9. The number of hydrogen-bond acceptors (Lipinski definition) is 4. The van der Waals surface area contributed by atoms with Crippen LogP contribution in [-0.4, -0.2) is 20.7 Å². The van der Waals surface area contributed by atoms with Gasteiger partial charge in [0.2, 0.25) is 5.91 Å². The summed E-state index contributed by atoms with van der Waals surface area (Å²) in [5, 5.41) is 14.1. The average molecular weight is 542 g/mol. The van der Waals surface area contributed by atoms with E-state index in [-0.39, 0.29) is 11.3 Å². The number of thioether (sulfide) groups is 1. The molecule has 36 heavy (non-hydrogen) atoms. The van der Waals surface area contributed by atoms with Crippen LogP contribution in [0.2, 0.25) is 10.0 Å². The zero-order valence-electron chi connectivity index (χ0n) is 20.3. The third-order valence-corrected chi connectivity index (χ3v) is 9.78. The van der Waals surface area contributed by atoms with Crippen molar-refractivity contribution in [3.63, 3.8) is 0 Å². The molecule has 4 saturated carbocycles. The zero-order valence-corrected chi connectivity index (χ0v) is 22.7. The van der Waals surface area contributed by atoms with Crippen molar-refractivity contribution in [1.82, 2.24) is 20.1 Å². The molecule has 4 fully saturated rings. The van der Waals surface area contributed by atoms with Gasteiger partial charge in [0.15, 0.2) is 11.0 Å². The predicted octanol–water partition coefficient (Wildman–Crippen LogP) is 7.01. The summed E-state index contributed by atoms with van der Waals surface area (Å²) < 4.78 is 1.94. The van der Waals surface area contributed by atoms with Crippen LogP contribution in [0.25, 0.3) is 5.69 Å². The van der Waals surface area contributed by atoms with Gasteiger partial charge in [-0.05, 0) is 87.0 Å². The van der Waals surface area contributed by atoms with Gasteiger partial charge in [0.25, 0.3) is 0 Å². The highest BCUT2D eigenvalue weighted by Crippen LogP contribution is 2.60. The minimum absolute atomic E-state index is 0.183. The van der Waals surface area contributed by atoms with E-state index in [1.54, 1.807) is 23.9 Å². The smallest absolute Gasteiger partial charge is 0.226 e. The molecule has 2 aromatic carbocycles. The second-order valence-electron chi connectivity index (χ2n) is 11.0. The Balaban J connectivity index is 1.25. The minimum Gasteiger partial charge on any atom is -0.348 e. The molecule has 4 aliphatic rings.